The number of hydrogen-bond donors (Lipinski definition) is 1. The van der Waals surface area contributed by atoms with Crippen LogP contribution in [0, 0.1) is 0 Å². The molecule has 1 aliphatic rings. The summed E-state index contributed by atoms with van der Waals surface area (Å²) in [4.78, 5) is 10.7. The number of aliphatic hydroxyl groups is 1. The Labute approximate surface area is 118 Å². The summed E-state index contributed by atoms with van der Waals surface area (Å²) in [5.74, 6) is 0.741. The van der Waals surface area contributed by atoms with Crippen LogP contribution in [0.25, 0.3) is 0 Å². The van der Waals surface area contributed by atoms with Crippen molar-refractivity contribution < 1.29 is 24.1 Å². The third kappa shape index (κ3) is 5.28. The number of ether oxygens (including phenoxy) is 3. The van der Waals surface area contributed by atoms with Crippen molar-refractivity contribution in [3.8, 4) is 5.75 Å². The van der Waals surface area contributed by atoms with Gasteiger partial charge in [0.1, 0.15) is 24.1 Å². The van der Waals surface area contributed by atoms with Gasteiger partial charge in [0.05, 0.1) is 19.8 Å². The largest absolute Gasteiger partial charge is 0.491 e. The molecule has 5 nitrogen and oxygen atoms in total. The molecule has 1 aromatic rings. The minimum Gasteiger partial charge on any atom is -0.491 e. The summed E-state index contributed by atoms with van der Waals surface area (Å²) < 4.78 is 15.9. The summed E-state index contributed by atoms with van der Waals surface area (Å²) in [7, 11) is 0. The van der Waals surface area contributed by atoms with E-state index < -0.39 is 5.60 Å². The Morgan fingerprint density at radius 2 is 2.10 bits per heavy atom. The summed E-state index contributed by atoms with van der Waals surface area (Å²) in [6.07, 6.45) is 1.12. The van der Waals surface area contributed by atoms with Crippen LogP contribution >= 0.6 is 0 Å². The van der Waals surface area contributed by atoms with E-state index in [9.17, 15) is 9.90 Å². The van der Waals surface area contributed by atoms with Gasteiger partial charge in [-0.3, -0.25) is 0 Å². The number of aldehydes is 1. The van der Waals surface area contributed by atoms with E-state index in [0.29, 0.717) is 32.5 Å². The Bertz CT molecular complexity index is 422. The molecule has 0 aromatic heterocycles. The van der Waals surface area contributed by atoms with Gasteiger partial charge in [0, 0.05) is 6.42 Å². The van der Waals surface area contributed by atoms with Crippen molar-refractivity contribution in [2.45, 2.75) is 25.0 Å². The van der Waals surface area contributed by atoms with Crippen molar-refractivity contribution >= 4 is 6.29 Å². The van der Waals surface area contributed by atoms with Crippen molar-refractivity contribution in [2.24, 2.45) is 0 Å². The average Bonchev–Trinajstić information content (AvgIpc) is 3.24. The second-order valence-corrected chi connectivity index (χ2v) is 5.17. The van der Waals surface area contributed by atoms with Crippen molar-refractivity contribution in [2.75, 3.05) is 26.4 Å². The van der Waals surface area contributed by atoms with Crippen LogP contribution in [0.3, 0.4) is 0 Å². The van der Waals surface area contributed by atoms with E-state index in [2.05, 4.69) is 0 Å². The third-order valence-electron chi connectivity index (χ3n) is 2.94. The lowest BCUT2D eigenvalue weighted by Gasteiger charge is -2.15. The first-order chi connectivity index (χ1) is 9.59. The van der Waals surface area contributed by atoms with E-state index in [0.717, 1.165) is 17.9 Å². The first-order valence-electron chi connectivity index (χ1n) is 6.69. The molecule has 1 N–H and O–H groups in total. The van der Waals surface area contributed by atoms with Crippen LogP contribution in [0.2, 0.25) is 0 Å². The SMILES string of the molecule is CC(O)(C=O)Cc1ccc(OCCOCC2CO2)cc1. The van der Waals surface area contributed by atoms with Crippen LogP contribution in [0.5, 0.6) is 5.75 Å². The zero-order valence-corrected chi connectivity index (χ0v) is 11.6. The highest BCUT2D eigenvalue weighted by atomic mass is 16.6. The first kappa shape index (κ1) is 15.0. The van der Waals surface area contributed by atoms with Gasteiger partial charge in [-0.05, 0) is 24.6 Å². The minimum absolute atomic E-state index is 0.278. The summed E-state index contributed by atoms with van der Waals surface area (Å²) in [5, 5.41) is 9.67. The number of hydrogen-bond acceptors (Lipinski definition) is 5. The fourth-order valence-corrected chi connectivity index (χ4v) is 1.76. The number of carbonyl (C=O) groups excluding carboxylic acids is 1. The van der Waals surface area contributed by atoms with Crippen LogP contribution in [0.1, 0.15) is 12.5 Å². The molecule has 0 spiro atoms. The number of rotatable bonds is 9. The minimum atomic E-state index is -1.32. The third-order valence-corrected chi connectivity index (χ3v) is 2.94. The summed E-state index contributed by atoms with van der Waals surface area (Å²) in [6, 6.07) is 7.32. The summed E-state index contributed by atoms with van der Waals surface area (Å²) in [6.45, 7) is 3.93. The van der Waals surface area contributed by atoms with Crippen molar-refractivity contribution in [1.82, 2.24) is 0 Å². The van der Waals surface area contributed by atoms with E-state index in [1.54, 1.807) is 0 Å². The molecular weight excluding hydrogens is 260 g/mol. The quantitative estimate of drug-likeness (QED) is 0.415. The Hall–Kier alpha value is -1.43. The Kier molecular flexibility index (Phi) is 5.11. The molecule has 2 atom stereocenters. The van der Waals surface area contributed by atoms with E-state index in [-0.39, 0.29) is 6.10 Å². The highest BCUT2D eigenvalue weighted by Gasteiger charge is 2.22. The van der Waals surface area contributed by atoms with Gasteiger partial charge >= 0.3 is 0 Å². The Balaban J connectivity index is 1.69. The highest BCUT2D eigenvalue weighted by Crippen LogP contribution is 2.16. The molecule has 2 unspecified atom stereocenters. The Morgan fingerprint density at radius 1 is 1.40 bits per heavy atom. The molecule has 0 bridgehead atoms. The average molecular weight is 280 g/mol. The molecule has 0 amide bonds. The molecule has 20 heavy (non-hydrogen) atoms. The van der Waals surface area contributed by atoms with Crippen LogP contribution in [0.4, 0.5) is 0 Å². The summed E-state index contributed by atoms with van der Waals surface area (Å²) in [5.41, 5.74) is -0.433. The van der Waals surface area contributed by atoms with Crippen LogP contribution in [-0.2, 0) is 20.7 Å². The van der Waals surface area contributed by atoms with Gasteiger partial charge in [0.15, 0.2) is 6.29 Å². The van der Waals surface area contributed by atoms with Gasteiger partial charge in [-0.2, -0.15) is 0 Å². The maximum absolute atomic E-state index is 10.7. The van der Waals surface area contributed by atoms with Crippen molar-refractivity contribution in [3.63, 3.8) is 0 Å². The number of epoxide rings is 1. The normalized spacial score (nSPS) is 20.2. The van der Waals surface area contributed by atoms with Gasteiger partial charge in [0.25, 0.3) is 0 Å². The highest BCUT2D eigenvalue weighted by molar-refractivity contribution is 5.62. The van der Waals surface area contributed by atoms with Crippen LogP contribution in [-0.4, -0.2) is 49.5 Å². The molecule has 1 fully saturated rings. The lowest BCUT2D eigenvalue weighted by Crippen LogP contribution is -2.28. The van der Waals surface area contributed by atoms with E-state index in [4.69, 9.17) is 14.2 Å². The molecule has 1 aliphatic heterocycles. The van der Waals surface area contributed by atoms with Crippen molar-refractivity contribution in [1.29, 1.82) is 0 Å². The molecule has 110 valence electrons. The van der Waals surface area contributed by atoms with Gasteiger partial charge in [0.2, 0.25) is 0 Å². The fourth-order valence-electron chi connectivity index (χ4n) is 1.76. The monoisotopic (exact) mass is 280 g/mol. The molecule has 0 radical (unpaired) electrons. The molecule has 1 heterocycles. The zero-order valence-electron chi connectivity index (χ0n) is 11.6. The number of carbonyl (C=O) groups is 1. The first-order valence-corrected chi connectivity index (χ1v) is 6.69. The molecule has 2 rings (SSSR count). The van der Waals surface area contributed by atoms with E-state index in [1.807, 2.05) is 24.3 Å². The number of benzene rings is 1. The van der Waals surface area contributed by atoms with Gasteiger partial charge in [-0.15, -0.1) is 0 Å². The van der Waals surface area contributed by atoms with Gasteiger partial charge in [-0.1, -0.05) is 12.1 Å². The molecule has 0 aliphatic carbocycles. The van der Waals surface area contributed by atoms with E-state index in [1.165, 1.54) is 6.92 Å². The predicted octanol–water partition coefficient (Wildman–Crippen LogP) is 0.973. The van der Waals surface area contributed by atoms with Crippen molar-refractivity contribution in [3.05, 3.63) is 29.8 Å². The zero-order chi connectivity index (χ0) is 14.4. The maximum atomic E-state index is 10.7. The topological polar surface area (TPSA) is 68.3 Å². The molecule has 0 saturated carbocycles. The molecular formula is C15H20O5. The molecule has 5 heteroatoms. The maximum Gasteiger partial charge on any atom is 0.151 e. The second kappa shape index (κ2) is 6.83. The Morgan fingerprint density at radius 3 is 2.70 bits per heavy atom. The van der Waals surface area contributed by atoms with Gasteiger partial charge in [-0.25, -0.2) is 0 Å². The van der Waals surface area contributed by atoms with Crippen LogP contribution < -0.4 is 4.74 Å². The second-order valence-electron chi connectivity index (χ2n) is 5.17. The van der Waals surface area contributed by atoms with Gasteiger partial charge < -0.3 is 24.1 Å². The predicted molar refractivity (Wildman–Crippen MR) is 72.9 cm³/mol. The van der Waals surface area contributed by atoms with Crippen LogP contribution in [0.15, 0.2) is 24.3 Å². The standard InChI is InChI=1S/C15H20O5/c1-15(17,11-16)8-12-2-4-13(5-3-12)19-7-6-18-9-14-10-20-14/h2-5,11,14,17H,6-10H2,1H3. The fraction of sp³-hybridized carbons (Fsp3) is 0.533. The smallest absolute Gasteiger partial charge is 0.151 e. The lowest BCUT2D eigenvalue weighted by atomic mass is 9.98. The molecule has 1 aromatic carbocycles. The lowest BCUT2D eigenvalue weighted by molar-refractivity contribution is -0.122. The summed E-state index contributed by atoms with van der Waals surface area (Å²) >= 11 is 0. The van der Waals surface area contributed by atoms with E-state index >= 15 is 0 Å². The molecule has 1 saturated heterocycles.